The molecule has 0 fully saturated rings. The Bertz CT molecular complexity index is 866. The van der Waals surface area contributed by atoms with Crippen LogP contribution in [-0.4, -0.2) is 34.3 Å². The molecule has 7 nitrogen and oxygen atoms in total. The van der Waals surface area contributed by atoms with Crippen molar-refractivity contribution in [2.45, 2.75) is 0 Å². The number of halogens is 1. The molecule has 0 aromatic heterocycles. The quantitative estimate of drug-likeness (QED) is 0.423. The Kier molecular flexibility index (Phi) is 5.15. The van der Waals surface area contributed by atoms with Crippen LogP contribution in [0.5, 0.6) is 0 Å². The molecule has 0 saturated carbocycles. The topological polar surface area (TPSA) is 90.5 Å². The molecular weight excluding hydrogens is 376 g/mol. The Morgan fingerprint density at radius 3 is 2.12 bits per heavy atom. The minimum Gasteiger partial charge on any atom is -0.331 e. The molecule has 0 bridgehead atoms. The van der Waals surface area contributed by atoms with Crippen molar-refractivity contribution in [2.24, 2.45) is 0 Å². The highest BCUT2D eigenvalue weighted by atomic mass is 35.5. The van der Waals surface area contributed by atoms with Crippen molar-refractivity contribution in [2.75, 3.05) is 11.9 Å². The first-order valence-corrected chi connectivity index (χ1v) is 8.31. The molecule has 132 valence electrons. The van der Waals surface area contributed by atoms with E-state index in [1.807, 2.05) is 0 Å². The van der Waals surface area contributed by atoms with Crippen LogP contribution in [-0.2, 0) is 4.79 Å². The van der Waals surface area contributed by atoms with E-state index in [0.717, 1.165) is 4.90 Å². The number of amides is 3. The van der Waals surface area contributed by atoms with Gasteiger partial charge in [0.2, 0.25) is 0 Å². The van der Waals surface area contributed by atoms with Crippen LogP contribution in [0, 0.1) is 0 Å². The van der Waals surface area contributed by atoms with E-state index in [4.69, 9.17) is 23.8 Å². The molecule has 0 unspecified atom stereocenters. The lowest BCUT2D eigenvalue weighted by Gasteiger charge is -2.15. The number of rotatable bonds is 3. The van der Waals surface area contributed by atoms with Crippen molar-refractivity contribution < 1.29 is 14.4 Å². The second-order valence-corrected chi connectivity index (χ2v) is 6.22. The van der Waals surface area contributed by atoms with E-state index >= 15 is 0 Å². The SMILES string of the molecule is O=C(CN1C(=O)c2ccccc2C1=O)NNC(=S)Nc1ccc(Cl)cc1. The van der Waals surface area contributed by atoms with Gasteiger partial charge in [-0.15, -0.1) is 0 Å². The molecule has 26 heavy (non-hydrogen) atoms. The van der Waals surface area contributed by atoms with E-state index in [1.165, 1.54) is 0 Å². The van der Waals surface area contributed by atoms with Crippen molar-refractivity contribution >= 4 is 52.3 Å². The van der Waals surface area contributed by atoms with Gasteiger partial charge in [0.05, 0.1) is 11.1 Å². The maximum absolute atomic E-state index is 12.2. The van der Waals surface area contributed by atoms with Gasteiger partial charge in [0.1, 0.15) is 6.54 Å². The first kappa shape index (κ1) is 17.8. The highest BCUT2D eigenvalue weighted by Gasteiger charge is 2.36. The van der Waals surface area contributed by atoms with Gasteiger partial charge < -0.3 is 5.32 Å². The van der Waals surface area contributed by atoms with E-state index in [1.54, 1.807) is 48.5 Å². The van der Waals surface area contributed by atoms with Crippen LogP contribution in [0.1, 0.15) is 20.7 Å². The van der Waals surface area contributed by atoms with E-state index < -0.39 is 24.3 Å². The highest BCUT2D eigenvalue weighted by molar-refractivity contribution is 7.80. The number of hydrazine groups is 1. The molecule has 3 rings (SSSR count). The number of hydrogen-bond acceptors (Lipinski definition) is 4. The molecule has 2 aromatic carbocycles. The zero-order valence-electron chi connectivity index (χ0n) is 13.3. The predicted molar refractivity (Wildman–Crippen MR) is 101 cm³/mol. The van der Waals surface area contributed by atoms with E-state index in [-0.39, 0.29) is 16.2 Å². The Labute approximate surface area is 159 Å². The van der Waals surface area contributed by atoms with Gasteiger partial charge in [-0.1, -0.05) is 23.7 Å². The van der Waals surface area contributed by atoms with Crippen LogP contribution in [0.15, 0.2) is 48.5 Å². The summed E-state index contributed by atoms with van der Waals surface area (Å²) in [5, 5.41) is 3.58. The molecule has 0 aliphatic carbocycles. The molecule has 2 aromatic rings. The molecule has 0 spiro atoms. The normalized spacial score (nSPS) is 12.6. The van der Waals surface area contributed by atoms with Crippen LogP contribution < -0.4 is 16.2 Å². The summed E-state index contributed by atoms with van der Waals surface area (Å²) in [6.07, 6.45) is 0. The summed E-state index contributed by atoms with van der Waals surface area (Å²) in [5.74, 6) is -1.58. The summed E-state index contributed by atoms with van der Waals surface area (Å²) < 4.78 is 0. The number of thiocarbonyl (C=S) groups is 1. The number of nitrogens with zero attached hydrogens (tertiary/aromatic N) is 1. The number of benzene rings is 2. The fourth-order valence-corrected chi connectivity index (χ4v) is 2.68. The third-order valence-corrected chi connectivity index (χ3v) is 4.05. The zero-order chi connectivity index (χ0) is 18.7. The molecule has 1 aliphatic heterocycles. The van der Waals surface area contributed by atoms with Crippen LogP contribution >= 0.6 is 23.8 Å². The van der Waals surface area contributed by atoms with Crippen LogP contribution in [0.4, 0.5) is 5.69 Å². The lowest BCUT2D eigenvalue weighted by molar-refractivity contribution is -0.121. The summed E-state index contributed by atoms with van der Waals surface area (Å²) in [7, 11) is 0. The lowest BCUT2D eigenvalue weighted by atomic mass is 10.1. The lowest BCUT2D eigenvalue weighted by Crippen LogP contribution is -2.48. The second kappa shape index (κ2) is 7.51. The molecule has 0 saturated heterocycles. The van der Waals surface area contributed by atoms with Crippen LogP contribution in [0.3, 0.4) is 0 Å². The van der Waals surface area contributed by atoms with Crippen molar-refractivity contribution in [1.82, 2.24) is 15.8 Å². The average molecular weight is 389 g/mol. The Morgan fingerprint density at radius 2 is 1.54 bits per heavy atom. The number of nitrogens with one attached hydrogen (secondary N) is 3. The van der Waals surface area contributed by atoms with Gasteiger partial charge in [0.15, 0.2) is 5.11 Å². The van der Waals surface area contributed by atoms with E-state index in [9.17, 15) is 14.4 Å². The van der Waals surface area contributed by atoms with E-state index in [2.05, 4.69) is 16.2 Å². The van der Waals surface area contributed by atoms with Gasteiger partial charge in [-0.05, 0) is 48.6 Å². The third kappa shape index (κ3) is 3.81. The van der Waals surface area contributed by atoms with Gasteiger partial charge in [-0.25, -0.2) is 0 Å². The fraction of sp³-hybridized carbons (Fsp3) is 0.0588. The van der Waals surface area contributed by atoms with Gasteiger partial charge in [-0.2, -0.15) is 0 Å². The number of carbonyl (C=O) groups excluding carboxylic acids is 3. The zero-order valence-corrected chi connectivity index (χ0v) is 14.9. The minimum atomic E-state index is -0.584. The first-order chi connectivity index (χ1) is 12.5. The predicted octanol–water partition coefficient (Wildman–Crippen LogP) is 1.95. The highest BCUT2D eigenvalue weighted by Crippen LogP contribution is 2.21. The number of carbonyl (C=O) groups is 3. The second-order valence-electron chi connectivity index (χ2n) is 5.38. The average Bonchev–Trinajstić information content (AvgIpc) is 2.87. The number of imide groups is 1. The maximum atomic E-state index is 12.2. The van der Waals surface area contributed by atoms with Gasteiger partial charge in [-0.3, -0.25) is 30.1 Å². The molecule has 3 N–H and O–H groups in total. The Hall–Kier alpha value is -2.97. The smallest absolute Gasteiger partial charge is 0.262 e. The standard InChI is InChI=1S/C17H13ClN4O3S/c18-10-5-7-11(8-6-10)19-17(26)21-20-14(23)9-22-15(24)12-3-1-2-4-13(12)16(22)25/h1-8H,9H2,(H,20,23)(H2,19,21,26). The van der Waals surface area contributed by atoms with Crippen LogP contribution in [0.2, 0.25) is 5.02 Å². The molecule has 0 atom stereocenters. The number of fused-ring (bicyclic) bond motifs is 1. The third-order valence-electron chi connectivity index (χ3n) is 3.60. The van der Waals surface area contributed by atoms with Gasteiger partial charge in [0.25, 0.3) is 17.7 Å². The number of hydrogen-bond donors (Lipinski definition) is 3. The van der Waals surface area contributed by atoms with Crippen LogP contribution in [0.25, 0.3) is 0 Å². The summed E-state index contributed by atoms with van der Waals surface area (Å²) in [4.78, 5) is 37.3. The molecule has 3 amide bonds. The maximum Gasteiger partial charge on any atom is 0.262 e. The largest absolute Gasteiger partial charge is 0.331 e. The van der Waals surface area contributed by atoms with Crippen molar-refractivity contribution in [1.29, 1.82) is 0 Å². The molecule has 1 heterocycles. The molecule has 1 aliphatic rings. The number of anilines is 1. The molecule has 9 heteroatoms. The van der Waals surface area contributed by atoms with Crippen molar-refractivity contribution in [3.63, 3.8) is 0 Å². The summed E-state index contributed by atoms with van der Waals surface area (Å²) in [5.41, 5.74) is 6.11. The van der Waals surface area contributed by atoms with Crippen molar-refractivity contribution in [3.8, 4) is 0 Å². The summed E-state index contributed by atoms with van der Waals surface area (Å²) >= 11 is 10.9. The first-order valence-electron chi connectivity index (χ1n) is 7.52. The van der Waals surface area contributed by atoms with Crippen molar-refractivity contribution in [3.05, 3.63) is 64.7 Å². The van der Waals surface area contributed by atoms with E-state index in [0.29, 0.717) is 10.7 Å². The Morgan fingerprint density at radius 1 is 0.962 bits per heavy atom. The van der Waals surface area contributed by atoms with Gasteiger partial charge in [0, 0.05) is 10.7 Å². The van der Waals surface area contributed by atoms with Gasteiger partial charge >= 0.3 is 0 Å². The monoisotopic (exact) mass is 388 g/mol. The Balaban J connectivity index is 1.52. The minimum absolute atomic E-state index is 0.142. The summed E-state index contributed by atoms with van der Waals surface area (Å²) in [6.45, 7) is -0.414. The molecular formula is C17H13ClN4O3S. The molecule has 0 radical (unpaired) electrons. The summed E-state index contributed by atoms with van der Waals surface area (Å²) in [6, 6.07) is 13.2. The fourth-order valence-electron chi connectivity index (χ4n) is 2.39.